The minimum Gasteiger partial charge on any atom is -0.328 e. The van der Waals surface area contributed by atoms with Crippen LogP contribution in [0.3, 0.4) is 0 Å². The Morgan fingerprint density at radius 2 is 1.53 bits per heavy atom. The van der Waals surface area contributed by atoms with E-state index in [0.717, 1.165) is 27.9 Å². The lowest BCUT2D eigenvalue weighted by Crippen LogP contribution is -2.08. The van der Waals surface area contributed by atoms with E-state index in [2.05, 4.69) is 11.1 Å². The fraction of sp³-hybridized carbons (Fsp3) is 0. The summed E-state index contributed by atoms with van der Waals surface area (Å²) in [5.74, 6) is 0. The smallest absolute Gasteiger partial charge is 0.269 e. The molecule has 0 unspecified atom stereocenters. The molecule has 0 spiro atoms. The Balaban J connectivity index is 1.81. The largest absolute Gasteiger partial charge is 0.328 e. The van der Waals surface area contributed by atoms with Gasteiger partial charge in [0, 0.05) is 35.0 Å². The van der Waals surface area contributed by atoms with Crippen LogP contribution in [-0.4, -0.2) is 14.9 Å². The minimum atomic E-state index is -0.441. The molecule has 0 saturated carbocycles. The molecule has 0 aliphatic heterocycles. The van der Waals surface area contributed by atoms with Gasteiger partial charge >= 0.3 is 0 Å². The van der Waals surface area contributed by atoms with Gasteiger partial charge in [-0.15, -0.1) is 0 Å². The molecule has 153 valence electrons. The number of benzene rings is 3. The molecule has 5 rings (SSSR count). The van der Waals surface area contributed by atoms with Gasteiger partial charge in [-0.25, -0.2) is 4.98 Å². The van der Waals surface area contributed by atoms with Crippen molar-refractivity contribution in [3.05, 3.63) is 118 Å². The maximum atomic E-state index is 12.7. The topological polar surface area (TPSA) is 88.9 Å². The Labute approximate surface area is 183 Å². The summed E-state index contributed by atoms with van der Waals surface area (Å²) < 4.78 is 0. The van der Waals surface area contributed by atoms with Gasteiger partial charge in [-0.2, -0.15) is 0 Å². The molecule has 0 bridgehead atoms. The van der Waals surface area contributed by atoms with Crippen LogP contribution in [0.2, 0.25) is 0 Å². The first-order chi connectivity index (χ1) is 15.6. The summed E-state index contributed by atoms with van der Waals surface area (Å²) in [7, 11) is 0. The second-order valence-electron chi connectivity index (χ2n) is 7.27. The van der Waals surface area contributed by atoms with Gasteiger partial charge in [0.2, 0.25) is 0 Å². The molecule has 6 heteroatoms. The van der Waals surface area contributed by atoms with Gasteiger partial charge in [-0.1, -0.05) is 54.6 Å². The monoisotopic (exact) mass is 418 g/mol. The van der Waals surface area contributed by atoms with Crippen molar-refractivity contribution in [2.45, 2.75) is 0 Å². The van der Waals surface area contributed by atoms with Crippen molar-refractivity contribution < 1.29 is 4.92 Å². The molecule has 6 nitrogen and oxygen atoms in total. The molecule has 0 atom stereocenters. The number of fused-ring (bicyclic) bond motifs is 1. The number of rotatable bonds is 4. The second kappa shape index (κ2) is 7.92. The zero-order valence-electron chi connectivity index (χ0n) is 16.8. The standard InChI is InChI=1S/C26H16N3O3/c30-26-22-15-21(17-7-3-1-4-8-17)24(19-9-5-2-6-10-19)28-25(22)23(16-27-26)18-11-13-20(14-12-18)29(31)32/h1,3-16H,(H,27,30). The predicted octanol–water partition coefficient (Wildman–Crippen LogP) is 5.63. The molecular formula is C26H16N3O3. The second-order valence-corrected chi connectivity index (χ2v) is 7.27. The summed E-state index contributed by atoms with van der Waals surface area (Å²) in [6.07, 6.45) is 1.60. The fourth-order valence-corrected chi connectivity index (χ4v) is 3.76. The molecule has 3 aromatic carbocycles. The van der Waals surface area contributed by atoms with Crippen LogP contribution in [0.5, 0.6) is 0 Å². The van der Waals surface area contributed by atoms with Crippen molar-refractivity contribution >= 4 is 16.6 Å². The van der Waals surface area contributed by atoms with E-state index in [1.54, 1.807) is 18.3 Å². The third-order valence-electron chi connectivity index (χ3n) is 5.34. The lowest BCUT2D eigenvalue weighted by molar-refractivity contribution is -0.384. The van der Waals surface area contributed by atoms with Crippen molar-refractivity contribution in [2.75, 3.05) is 0 Å². The van der Waals surface area contributed by atoms with E-state index >= 15 is 0 Å². The molecule has 0 amide bonds. The van der Waals surface area contributed by atoms with Gasteiger partial charge in [-0.3, -0.25) is 14.9 Å². The fourth-order valence-electron chi connectivity index (χ4n) is 3.76. The Morgan fingerprint density at radius 3 is 2.22 bits per heavy atom. The highest BCUT2D eigenvalue weighted by molar-refractivity contribution is 5.98. The van der Waals surface area contributed by atoms with Crippen LogP contribution in [0, 0.1) is 16.2 Å². The first-order valence-electron chi connectivity index (χ1n) is 9.95. The molecule has 1 N–H and O–H groups in total. The van der Waals surface area contributed by atoms with Crippen molar-refractivity contribution in [3.63, 3.8) is 0 Å². The highest BCUT2D eigenvalue weighted by atomic mass is 16.6. The lowest BCUT2D eigenvalue weighted by atomic mass is 9.96. The van der Waals surface area contributed by atoms with Crippen molar-refractivity contribution in [2.24, 2.45) is 0 Å². The maximum Gasteiger partial charge on any atom is 0.269 e. The molecule has 0 aliphatic carbocycles. The Kier molecular flexibility index (Phi) is 4.80. The number of hydrogen-bond acceptors (Lipinski definition) is 4. The number of nitrogens with zero attached hydrogens (tertiary/aromatic N) is 2. The molecule has 0 aliphatic rings. The lowest BCUT2D eigenvalue weighted by Gasteiger charge is -2.13. The van der Waals surface area contributed by atoms with Crippen molar-refractivity contribution in [3.8, 4) is 33.5 Å². The van der Waals surface area contributed by atoms with Gasteiger partial charge in [0.05, 0.1) is 21.5 Å². The van der Waals surface area contributed by atoms with Crippen LogP contribution in [-0.2, 0) is 0 Å². The first-order valence-corrected chi connectivity index (χ1v) is 9.95. The summed E-state index contributed by atoms with van der Waals surface area (Å²) >= 11 is 0. The number of non-ortho nitro benzene ring substituents is 1. The number of nitro benzene ring substituents is 1. The average molecular weight is 418 g/mol. The zero-order valence-corrected chi connectivity index (χ0v) is 16.8. The molecule has 32 heavy (non-hydrogen) atoms. The quantitative estimate of drug-likeness (QED) is 0.302. The first kappa shape index (κ1) is 19.4. The number of hydrogen-bond donors (Lipinski definition) is 1. The van der Waals surface area contributed by atoms with E-state index in [0.29, 0.717) is 16.5 Å². The molecule has 0 saturated heterocycles. The third-order valence-corrected chi connectivity index (χ3v) is 5.34. The summed E-state index contributed by atoms with van der Waals surface area (Å²) in [6.45, 7) is 0. The summed E-state index contributed by atoms with van der Waals surface area (Å²) in [5, 5.41) is 11.5. The SMILES string of the molecule is O=c1[nH]cc(-c2ccc([N+](=O)[O-])cc2)c2nc(-c3cc[c]cc3)c(-c3ccccc3)cc12. The van der Waals surface area contributed by atoms with Gasteiger partial charge in [0.15, 0.2) is 0 Å². The van der Waals surface area contributed by atoms with Crippen molar-refractivity contribution in [1.29, 1.82) is 0 Å². The molecule has 1 radical (unpaired) electrons. The minimum absolute atomic E-state index is 0.00280. The van der Waals surface area contributed by atoms with Gasteiger partial charge < -0.3 is 4.98 Å². The van der Waals surface area contributed by atoms with Crippen LogP contribution < -0.4 is 5.56 Å². The number of nitro groups is 1. The van der Waals surface area contributed by atoms with E-state index in [1.807, 2.05) is 60.7 Å². The Bertz CT molecular complexity index is 1490. The average Bonchev–Trinajstić information content (AvgIpc) is 2.85. The van der Waals surface area contributed by atoms with Gasteiger partial charge in [0.25, 0.3) is 11.2 Å². The van der Waals surface area contributed by atoms with Crippen LogP contribution in [0.1, 0.15) is 0 Å². The summed E-state index contributed by atoms with van der Waals surface area (Å²) in [5.41, 5.74) is 5.14. The summed E-state index contributed by atoms with van der Waals surface area (Å²) in [4.78, 5) is 31.1. The van der Waals surface area contributed by atoms with Crippen LogP contribution >= 0.6 is 0 Å². The molecule has 5 aromatic rings. The van der Waals surface area contributed by atoms with E-state index in [-0.39, 0.29) is 11.2 Å². The number of aromatic nitrogens is 2. The molecule has 0 fully saturated rings. The number of aromatic amines is 1. The number of nitrogens with one attached hydrogen (secondary N) is 1. The highest BCUT2D eigenvalue weighted by Gasteiger charge is 2.16. The van der Waals surface area contributed by atoms with Crippen molar-refractivity contribution in [1.82, 2.24) is 9.97 Å². The Morgan fingerprint density at radius 1 is 0.844 bits per heavy atom. The predicted molar refractivity (Wildman–Crippen MR) is 124 cm³/mol. The van der Waals surface area contributed by atoms with E-state index in [9.17, 15) is 14.9 Å². The number of H-pyrrole nitrogens is 1. The zero-order chi connectivity index (χ0) is 22.1. The molecule has 2 heterocycles. The van der Waals surface area contributed by atoms with E-state index in [4.69, 9.17) is 4.98 Å². The van der Waals surface area contributed by atoms with E-state index in [1.165, 1.54) is 12.1 Å². The van der Waals surface area contributed by atoms with Crippen LogP contribution in [0.4, 0.5) is 5.69 Å². The van der Waals surface area contributed by atoms with Crippen LogP contribution in [0.25, 0.3) is 44.4 Å². The molecule has 2 aromatic heterocycles. The third kappa shape index (κ3) is 3.44. The highest BCUT2D eigenvalue weighted by Crippen LogP contribution is 2.35. The van der Waals surface area contributed by atoms with Gasteiger partial charge in [-0.05, 0) is 35.4 Å². The normalized spacial score (nSPS) is 10.9. The van der Waals surface area contributed by atoms with Crippen LogP contribution in [0.15, 0.2) is 95.9 Å². The molecular weight excluding hydrogens is 402 g/mol. The van der Waals surface area contributed by atoms with Gasteiger partial charge in [0.1, 0.15) is 0 Å². The summed E-state index contributed by atoms with van der Waals surface area (Å²) in [6, 6.07) is 28.4. The number of pyridine rings is 2. The maximum absolute atomic E-state index is 12.7. The Hall–Kier alpha value is -4.58. The van der Waals surface area contributed by atoms with E-state index < -0.39 is 4.92 Å².